The molecule has 3 rings (SSSR count). The lowest BCUT2D eigenvalue weighted by atomic mass is 9.89. The highest BCUT2D eigenvalue weighted by molar-refractivity contribution is 5.76. The van der Waals surface area contributed by atoms with E-state index in [1.54, 1.807) is 12.1 Å². The van der Waals surface area contributed by atoms with Crippen molar-refractivity contribution in [3.05, 3.63) is 65.7 Å². The average molecular weight is 309 g/mol. The molecule has 1 N–H and O–H groups in total. The van der Waals surface area contributed by atoms with Crippen molar-refractivity contribution in [1.82, 2.24) is 4.90 Å². The van der Waals surface area contributed by atoms with Gasteiger partial charge in [0.1, 0.15) is 5.75 Å². The van der Waals surface area contributed by atoms with Crippen molar-refractivity contribution in [1.29, 1.82) is 0 Å². The van der Waals surface area contributed by atoms with Gasteiger partial charge in [-0.1, -0.05) is 48.5 Å². The molecule has 0 aliphatic carbocycles. The fraction of sp³-hybridized carbons (Fsp3) is 0.350. The Balaban J connectivity index is 1.50. The van der Waals surface area contributed by atoms with Crippen molar-refractivity contribution < 1.29 is 9.90 Å². The highest BCUT2D eigenvalue weighted by Gasteiger charge is 2.23. The van der Waals surface area contributed by atoms with E-state index < -0.39 is 0 Å². The van der Waals surface area contributed by atoms with Crippen LogP contribution in [0.5, 0.6) is 5.75 Å². The molecular formula is C20H23NO2. The predicted molar refractivity (Wildman–Crippen MR) is 91.4 cm³/mol. The van der Waals surface area contributed by atoms with E-state index in [9.17, 15) is 9.90 Å². The first-order valence-corrected chi connectivity index (χ1v) is 8.33. The van der Waals surface area contributed by atoms with Crippen LogP contribution in [0.2, 0.25) is 0 Å². The van der Waals surface area contributed by atoms with E-state index in [0.29, 0.717) is 18.8 Å². The molecule has 1 aliphatic rings. The van der Waals surface area contributed by atoms with E-state index >= 15 is 0 Å². The third-order valence-corrected chi connectivity index (χ3v) is 4.72. The number of aromatic hydroxyl groups is 1. The number of likely N-dealkylation sites (tertiary alicyclic amines) is 1. The quantitative estimate of drug-likeness (QED) is 0.935. The van der Waals surface area contributed by atoms with Gasteiger partial charge in [0, 0.05) is 19.5 Å². The molecule has 2 aromatic carbocycles. The van der Waals surface area contributed by atoms with Gasteiger partial charge < -0.3 is 10.0 Å². The predicted octanol–water partition coefficient (Wildman–Crippen LogP) is 3.73. The zero-order chi connectivity index (χ0) is 16.1. The van der Waals surface area contributed by atoms with Crippen molar-refractivity contribution in [3.8, 4) is 5.75 Å². The highest BCUT2D eigenvalue weighted by atomic mass is 16.3. The molecule has 1 aliphatic heterocycles. The third kappa shape index (κ3) is 3.92. The summed E-state index contributed by atoms with van der Waals surface area (Å²) < 4.78 is 0. The average Bonchev–Trinajstić information content (AvgIpc) is 2.62. The molecule has 0 spiro atoms. The summed E-state index contributed by atoms with van der Waals surface area (Å²) >= 11 is 0. The van der Waals surface area contributed by atoms with Crippen molar-refractivity contribution in [3.63, 3.8) is 0 Å². The van der Waals surface area contributed by atoms with E-state index in [4.69, 9.17) is 0 Å². The Labute approximate surface area is 137 Å². The van der Waals surface area contributed by atoms with Crippen molar-refractivity contribution >= 4 is 5.91 Å². The standard InChI is InChI=1S/C20H23NO2/c22-19-9-5-4-8-18(19)10-11-20(23)21-14-12-17(13-15-21)16-6-2-1-3-7-16/h1-9,17,22H,10-15H2. The second-order valence-corrected chi connectivity index (χ2v) is 6.19. The van der Waals surface area contributed by atoms with Gasteiger partial charge >= 0.3 is 0 Å². The number of benzene rings is 2. The SMILES string of the molecule is O=C(CCc1ccccc1O)N1CCC(c2ccccc2)CC1. The molecule has 0 radical (unpaired) electrons. The van der Waals surface area contributed by atoms with Crippen molar-refractivity contribution in [2.45, 2.75) is 31.6 Å². The van der Waals surface area contributed by atoms with Crippen LogP contribution >= 0.6 is 0 Å². The zero-order valence-electron chi connectivity index (χ0n) is 13.3. The third-order valence-electron chi connectivity index (χ3n) is 4.72. The van der Waals surface area contributed by atoms with E-state index in [1.807, 2.05) is 23.1 Å². The summed E-state index contributed by atoms with van der Waals surface area (Å²) in [6.45, 7) is 1.67. The van der Waals surface area contributed by atoms with Crippen LogP contribution in [0.1, 0.15) is 36.3 Å². The molecule has 0 unspecified atom stereocenters. The number of para-hydroxylation sites is 1. The van der Waals surface area contributed by atoms with Crippen LogP contribution in [-0.4, -0.2) is 29.0 Å². The monoisotopic (exact) mass is 309 g/mol. The fourth-order valence-corrected chi connectivity index (χ4v) is 3.31. The number of piperidine rings is 1. The number of hydrogen-bond acceptors (Lipinski definition) is 2. The van der Waals surface area contributed by atoms with Crippen LogP contribution in [0.25, 0.3) is 0 Å². The number of nitrogens with zero attached hydrogens (tertiary/aromatic N) is 1. The topological polar surface area (TPSA) is 40.5 Å². The van der Waals surface area contributed by atoms with Gasteiger partial charge in [0.2, 0.25) is 5.91 Å². The van der Waals surface area contributed by atoms with Gasteiger partial charge in [-0.15, -0.1) is 0 Å². The van der Waals surface area contributed by atoms with Gasteiger partial charge in [0.25, 0.3) is 0 Å². The molecule has 0 saturated carbocycles. The summed E-state index contributed by atoms with van der Waals surface area (Å²) in [5, 5.41) is 9.77. The number of carbonyl (C=O) groups is 1. The number of hydrogen-bond donors (Lipinski definition) is 1. The minimum Gasteiger partial charge on any atom is -0.508 e. The summed E-state index contributed by atoms with van der Waals surface area (Å²) in [7, 11) is 0. The number of amides is 1. The molecule has 1 fully saturated rings. The van der Waals surface area contributed by atoms with Crippen LogP contribution in [0.15, 0.2) is 54.6 Å². The smallest absolute Gasteiger partial charge is 0.222 e. The minimum atomic E-state index is 0.194. The fourth-order valence-electron chi connectivity index (χ4n) is 3.31. The van der Waals surface area contributed by atoms with Crippen molar-refractivity contribution in [2.75, 3.05) is 13.1 Å². The van der Waals surface area contributed by atoms with E-state index in [2.05, 4.69) is 24.3 Å². The Hall–Kier alpha value is -2.29. The van der Waals surface area contributed by atoms with Crippen LogP contribution in [-0.2, 0) is 11.2 Å². The molecule has 3 heteroatoms. The first-order chi connectivity index (χ1) is 11.2. The van der Waals surface area contributed by atoms with Crippen LogP contribution in [0, 0.1) is 0 Å². The minimum absolute atomic E-state index is 0.194. The molecule has 0 atom stereocenters. The largest absolute Gasteiger partial charge is 0.508 e. The van der Waals surface area contributed by atoms with Crippen molar-refractivity contribution in [2.24, 2.45) is 0 Å². The maximum absolute atomic E-state index is 12.4. The molecule has 3 nitrogen and oxygen atoms in total. The van der Waals surface area contributed by atoms with Gasteiger partial charge in [-0.3, -0.25) is 4.79 Å². The molecule has 0 bridgehead atoms. The molecule has 23 heavy (non-hydrogen) atoms. The first kappa shape index (κ1) is 15.6. The van der Waals surface area contributed by atoms with Gasteiger partial charge in [0.05, 0.1) is 0 Å². The molecule has 1 heterocycles. The first-order valence-electron chi connectivity index (χ1n) is 8.33. The second-order valence-electron chi connectivity index (χ2n) is 6.19. The Morgan fingerprint density at radius 2 is 1.65 bits per heavy atom. The van der Waals surface area contributed by atoms with Crippen LogP contribution < -0.4 is 0 Å². The lowest BCUT2D eigenvalue weighted by Crippen LogP contribution is -2.38. The molecule has 1 amide bonds. The number of phenols is 1. The normalized spacial score (nSPS) is 15.6. The Bertz CT molecular complexity index is 646. The van der Waals surface area contributed by atoms with E-state index in [-0.39, 0.29) is 11.7 Å². The second kappa shape index (κ2) is 7.32. The number of rotatable bonds is 4. The summed E-state index contributed by atoms with van der Waals surface area (Å²) in [6, 6.07) is 17.8. The molecule has 1 saturated heterocycles. The molecule has 0 aromatic heterocycles. The summed E-state index contributed by atoms with van der Waals surface area (Å²) in [5.41, 5.74) is 2.23. The van der Waals surface area contributed by atoms with Gasteiger partial charge in [-0.2, -0.15) is 0 Å². The summed E-state index contributed by atoms with van der Waals surface area (Å²) in [4.78, 5) is 14.3. The Morgan fingerprint density at radius 3 is 2.35 bits per heavy atom. The molecular weight excluding hydrogens is 286 g/mol. The molecule has 120 valence electrons. The zero-order valence-corrected chi connectivity index (χ0v) is 13.3. The lowest BCUT2D eigenvalue weighted by molar-refractivity contribution is -0.132. The maximum atomic E-state index is 12.4. The van der Waals surface area contributed by atoms with E-state index in [0.717, 1.165) is 31.5 Å². The summed E-state index contributed by atoms with van der Waals surface area (Å²) in [6.07, 6.45) is 3.14. The molecule has 2 aromatic rings. The lowest BCUT2D eigenvalue weighted by Gasteiger charge is -2.32. The van der Waals surface area contributed by atoms with Gasteiger partial charge in [-0.25, -0.2) is 0 Å². The van der Waals surface area contributed by atoms with Crippen LogP contribution in [0.4, 0.5) is 0 Å². The number of phenolic OH excluding ortho intramolecular Hbond substituents is 1. The van der Waals surface area contributed by atoms with Gasteiger partial charge in [-0.05, 0) is 42.4 Å². The highest BCUT2D eigenvalue weighted by Crippen LogP contribution is 2.28. The number of aryl methyl sites for hydroxylation is 1. The van der Waals surface area contributed by atoms with Gasteiger partial charge in [0.15, 0.2) is 0 Å². The summed E-state index contributed by atoms with van der Waals surface area (Å²) in [5.74, 6) is 1.04. The van der Waals surface area contributed by atoms with Crippen LogP contribution in [0.3, 0.4) is 0 Å². The Morgan fingerprint density at radius 1 is 1.00 bits per heavy atom. The maximum Gasteiger partial charge on any atom is 0.222 e. The van der Waals surface area contributed by atoms with E-state index in [1.165, 1.54) is 5.56 Å². The number of carbonyl (C=O) groups excluding carboxylic acids is 1. The Kier molecular flexibility index (Phi) is 4.96.